The zero-order valence-corrected chi connectivity index (χ0v) is 17.2. The Bertz CT molecular complexity index is 1030. The summed E-state index contributed by atoms with van der Waals surface area (Å²) < 4.78 is 29.1. The second kappa shape index (κ2) is 5.81. The lowest BCUT2D eigenvalue weighted by molar-refractivity contribution is -0.211. The van der Waals surface area contributed by atoms with Crippen LogP contribution in [0.1, 0.15) is 52.0 Å². The summed E-state index contributed by atoms with van der Waals surface area (Å²) in [4.78, 5) is 17.1. The van der Waals surface area contributed by atoms with E-state index in [4.69, 9.17) is 0 Å². The molecule has 5 aliphatic rings. The normalized spacial score (nSPS) is 40.3. The number of fused-ring (bicyclic) bond motifs is 2. The Balaban J connectivity index is 1.08. The fourth-order valence-electron chi connectivity index (χ4n) is 7.14. The molecule has 5 fully saturated rings. The summed E-state index contributed by atoms with van der Waals surface area (Å²) in [5.74, 6) is -0.153. The highest BCUT2D eigenvalue weighted by Gasteiger charge is 2.70. The zero-order chi connectivity index (χ0) is 21.0. The van der Waals surface area contributed by atoms with Gasteiger partial charge in [-0.25, -0.2) is 13.8 Å². The van der Waals surface area contributed by atoms with Gasteiger partial charge in [0.1, 0.15) is 0 Å². The number of aromatic nitrogens is 2. The first-order chi connectivity index (χ1) is 14.2. The van der Waals surface area contributed by atoms with Gasteiger partial charge in [-0.05, 0) is 56.8 Å². The number of hydrogen-bond acceptors (Lipinski definition) is 3. The quantitative estimate of drug-likeness (QED) is 0.785. The molecular formula is C23H27F2N3O2. The molecule has 0 radical (unpaired) electrons. The second-order valence-electron chi connectivity index (χ2n) is 10.6. The number of aliphatic hydroxyl groups is 1. The first-order valence-corrected chi connectivity index (χ1v) is 11.0. The van der Waals surface area contributed by atoms with Gasteiger partial charge in [-0.15, -0.1) is 0 Å². The van der Waals surface area contributed by atoms with E-state index in [1.807, 2.05) is 18.4 Å². The van der Waals surface area contributed by atoms with Crippen LogP contribution in [0.3, 0.4) is 0 Å². The van der Waals surface area contributed by atoms with Crippen molar-refractivity contribution in [3.8, 4) is 0 Å². The maximum absolute atomic E-state index is 13.7. The summed E-state index contributed by atoms with van der Waals surface area (Å²) in [5, 5.41) is 13.2. The van der Waals surface area contributed by atoms with Gasteiger partial charge < -0.3 is 15.0 Å². The molecule has 1 aromatic heterocycles. The molecule has 5 saturated carbocycles. The minimum absolute atomic E-state index is 0.0106. The number of halogens is 2. The summed E-state index contributed by atoms with van der Waals surface area (Å²) in [6.45, 7) is 3.89. The van der Waals surface area contributed by atoms with Crippen molar-refractivity contribution in [3.05, 3.63) is 30.1 Å². The van der Waals surface area contributed by atoms with Gasteiger partial charge >= 0.3 is 0 Å². The summed E-state index contributed by atoms with van der Waals surface area (Å²) in [5.41, 5.74) is 1.10. The highest BCUT2D eigenvalue weighted by molar-refractivity contribution is 5.80. The molecule has 2 unspecified atom stereocenters. The van der Waals surface area contributed by atoms with Crippen molar-refractivity contribution >= 4 is 16.9 Å². The van der Waals surface area contributed by atoms with E-state index in [1.165, 1.54) is 6.07 Å². The van der Waals surface area contributed by atoms with Crippen LogP contribution in [0.2, 0.25) is 0 Å². The molecule has 0 spiro atoms. The van der Waals surface area contributed by atoms with Crippen molar-refractivity contribution in [1.29, 1.82) is 0 Å². The molecule has 2 bridgehead atoms. The number of imidazole rings is 1. The Labute approximate surface area is 173 Å². The molecule has 0 saturated heterocycles. The number of amides is 1. The number of nitrogens with zero attached hydrogens (tertiary/aromatic N) is 2. The van der Waals surface area contributed by atoms with Gasteiger partial charge in [-0.2, -0.15) is 0 Å². The van der Waals surface area contributed by atoms with Crippen molar-refractivity contribution < 1.29 is 18.7 Å². The van der Waals surface area contributed by atoms with Crippen molar-refractivity contribution in [2.75, 3.05) is 0 Å². The maximum Gasteiger partial charge on any atom is 0.223 e. The lowest BCUT2D eigenvalue weighted by Gasteiger charge is -2.72. The highest BCUT2D eigenvalue weighted by atomic mass is 19.2. The number of carbonyl (C=O) groups excluding carboxylic acids is 1. The van der Waals surface area contributed by atoms with E-state index in [0.29, 0.717) is 28.8 Å². The van der Waals surface area contributed by atoms with E-state index in [1.54, 1.807) is 6.33 Å². The maximum atomic E-state index is 13.7. The number of benzene rings is 1. The number of rotatable bonds is 5. The third-order valence-corrected chi connectivity index (χ3v) is 8.83. The summed E-state index contributed by atoms with van der Waals surface area (Å²) in [6.07, 6.45) is 6.01. The van der Waals surface area contributed by atoms with E-state index < -0.39 is 11.6 Å². The van der Waals surface area contributed by atoms with E-state index in [9.17, 15) is 18.7 Å². The Morgan fingerprint density at radius 2 is 1.83 bits per heavy atom. The molecule has 5 nitrogen and oxygen atoms in total. The fourth-order valence-corrected chi connectivity index (χ4v) is 7.14. The van der Waals surface area contributed by atoms with E-state index in [-0.39, 0.29) is 34.9 Å². The van der Waals surface area contributed by atoms with Crippen LogP contribution >= 0.6 is 0 Å². The molecule has 6 atom stereocenters. The van der Waals surface area contributed by atoms with Crippen LogP contribution in [0.25, 0.3) is 11.0 Å². The molecule has 1 aromatic carbocycles. The monoisotopic (exact) mass is 415 g/mol. The Morgan fingerprint density at radius 3 is 2.47 bits per heavy atom. The van der Waals surface area contributed by atoms with Crippen LogP contribution in [0.4, 0.5) is 8.78 Å². The third-order valence-electron chi connectivity index (χ3n) is 8.83. The smallest absolute Gasteiger partial charge is 0.223 e. The van der Waals surface area contributed by atoms with Crippen molar-refractivity contribution in [1.82, 2.24) is 14.9 Å². The van der Waals surface area contributed by atoms with Crippen LogP contribution in [-0.2, 0) is 4.79 Å². The average molecular weight is 415 g/mol. The first kappa shape index (κ1) is 18.7. The highest BCUT2D eigenvalue weighted by Crippen LogP contribution is 2.69. The number of nitrogens with one attached hydrogen (secondary N) is 1. The molecule has 5 aliphatic carbocycles. The molecular weight excluding hydrogens is 388 g/mol. The van der Waals surface area contributed by atoms with E-state index >= 15 is 0 Å². The largest absolute Gasteiger partial charge is 0.393 e. The molecule has 7 heteroatoms. The standard InChI is InChI=1S/C23H27F2N3O2/c1-11(21(30)27-23-7-22(8-23,9-23)12(2)29)20-14-3-13(4-15(14)20)28-10-26-18-5-16(24)17(25)6-19(18)28/h5-6,10-15,20,29H,3-4,7-9H2,1-2H3,(H,27,30)/t11?,12?,13-,14-,15+,20-,22?,23?. The van der Waals surface area contributed by atoms with Crippen molar-refractivity contribution in [3.63, 3.8) is 0 Å². The average Bonchev–Trinajstić information content (AvgIpc) is 2.96. The predicted molar refractivity (Wildman–Crippen MR) is 106 cm³/mol. The van der Waals surface area contributed by atoms with Gasteiger partial charge in [-0.3, -0.25) is 4.79 Å². The first-order valence-electron chi connectivity index (χ1n) is 11.0. The van der Waals surface area contributed by atoms with E-state index in [0.717, 1.165) is 38.2 Å². The van der Waals surface area contributed by atoms with Gasteiger partial charge in [-0.1, -0.05) is 6.92 Å². The van der Waals surface area contributed by atoms with E-state index in [2.05, 4.69) is 10.3 Å². The van der Waals surface area contributed by atoms with Crippen LogP contribution in [0.15, 0.2) is 18.5 Å². The number of aliphatic hydroxyl groups excluding tert-OH is 1. The minimum Gasteiger partial charge on any atom is -0.393 e. The van der Waals surface area contributed by atoms with Gasteiger partial charge in [0.15, 0.2) is 11.6 Å². The molecule has 1 amide bonds. The van der Waals surface area contributed by atoms with Crippen LogP contribution in [0, 0.1) is 40.7 Å². The Hall–Kier alpha value is -2.02. The summed E-state index contributed by atoms with van der Waals surface area (Å²) >= 11 is 0. The molecule has 2 aromatic rings. The topological polar surface area (TPSA) is 67.2 Å². The SMILES string of the molecule is CC(C(=O)NC12CC(C(C)O)(C1)C2)[C@@H]1[C@@H]2C[C@@H](n3cnc4cc(F)c(F)cc43)C[C@@H]21. The molecule has 7 rings (SSSR count). The molecule has 30 heavy (non-hydrogen) atoms. The molecule has 160 valence electrons. The number of carbonyl (C=O) groups is 1. The third kappa shape index (κ3) is 2.41. The van der Waals surface area contributed by atoms with Crippen LogP contribution in [-0.4, -0.2) is 32.2 Å². The predicted octanol–water partition coefficient (Wildman–Crippen LogP) is 3.57. The fraction of sp³-hybridized carbons (Fsp3) is 0.652. The number of hydrogen-bond donors (Lipinski definition) is 2. The van der Waals surface area contributed by atoms with Gasteiger partial charge in [0.25, 0.3) is 0 Å². The van der Waals surface area contributed by atoms with Crippen LogP contribution < -0.4 is 5.32 Å². The zero-order valence-electron chi connectivity index (χ0n) is 17.2. The molecule has 2 N–H and O–H groups in total. The summed E-state index contributed by atoms with van der Waals surface area (Å²) in [7, 11) is 0. The second-order valence-corrected chi connectivity index (χ2v) is 10.6. The van der Waals surface area contributed by atoms with Crippen LogP contribution in [0.5, 0.6) is 0 Å². The van der Waals surface area contributed by atoms with Crippen molar-refractivity contribution in [2.24, 2.45) is 29.1 Å². The molecule has 0 aliphatic heterocycles. The lowest BCUT2D eigenvalue weighted by Crippen LogP contribution is -2.77. The van der Waals surface area contributed by atoms with Gasteiger partial charge in [0.2, 0.25) is 5.91 Å². The lowest BCUT2D eigenvalue weighted by atomic mass is 9.37. The minimum atomic E-state index is -0.870. The summed E-state index contributed by atoms with van der Waals surface area (Å²) in [6, 6.07) is 2.61. The Morgan fingerprint density at radius 1 is 1.20 bits per heavy atom. The van der Waals surface area contributed by atoms with Crippen molar-refractivity contribution in [2.45, 2.75) is 63.6 Å². The molecule has 1 heterocycles. The Kier molecular flexibility index (Phi) is 3.63. The van der Waals surface area contributed by atoms with Gasteiger partial charge in [0, 0.05) is 35.0 Å². The van der Waals surface area contributed by atoms with Gasteiger partial charge in [0.05, 0.1) is 23.5 Å².